The lowest BCUT2D eigenvalue weighted by atomic mass is 9.90. The van der Waals surface area contributed by atoms with Crippen LogP contribution in [0.1, 0.15) is 62.5 Å². The molecule has 1 rings (SSSR count). The van der Waals surface area contributed by atoms with Crippen LogP contribution in [0.15, 0.2) is 12.1 Å². The van der Waals surface area contributed by atoms with Crippen LogP contribution in [-0.4, -0.2) is 38.3 Å². The lowest BCUT2D eigenvalue weighted by Gasteiger charge is -2.17. The van der Waals surface area contributed by atoms with Gasteiger partial charge in [0.05, 0.1) is 22.8 Å². The Bertz CT molecular complexity index is 562. The quantitative estimate of drug-likeness (QED) is 0.623. The molecular formula is C13H14O7. The van der Waals surface area contributed by atoms with Crippen LogP contribution in [0, 0.1) is 0 Å². The number of benzene rings is 1. The van der Waals surface area contributed by atoms with Gasteiger partial charge in [-0.15, -0.1) is 0 Å². The van der Waals surface area contributed by atoms with E-state index < -0.39 is 40.7 Å². The molecule has 1 unspecified atom stereocenters. The van der Waals surface area contributed by atoms with Gasteiger partial charge < -0.3 is 20.4 Å². The van der Waals surface area contributed by atoms with Crippen molar-refractivity contribution in [2.24, 2.45) is 0 Å². The van der Waals surface area contributed by atoms with Crippen molar-refractivity contribution in [3.63, 3.8) is 0 Å². The Kier molecular flexibility index (Phi) is 4.82. The highest BCUT2D eigenvalue weighted by molar-refractivity contribution is 6.05. The molecular weight excluding hydrogens is 268 g/mol. The molecule has 1 aromatic rings. The van der Waals surface area contributed by atoms with E-state index in [4.69, 9.17) is 15.3 Å². The number of carbonyl (C=O) groups is 3. The number of carboxylic acid groups (broad SMARTS) is 3. The Balaban J connectivity index is 3.69. The second-order valence-electron chi connectivity index (χ2n) is 4.17. The molecule has 1 aromatic carbocycles. The highest BCUT2D eigenvalue weighted by atomic mass is 16.4. The topological polar surface area (TPSA) is 132 Å². The second kappa shape index (κ2) is 6.16. The number of hydrogen-bond acceptors (Lipinski definition) is 4. The van der Waals surface area contributed by atoms with Gasteiger partial charge in [0.15, 0.2) is 0 Å². The average Bonchev–Trinajstić information content (AvgIpc) is 2.36. The van der Waals surface area contributed by atoms with Gasteiger partial charge in [-0.25, -0.2) is 14.4 Å². The van der Waals surface area contributed by atoms with Gasteiger partial charge in [0.2, 0.25) is 0 Å². The zero-order valence-corrected chi connectivity index (χ0v) is 10.7. The van der Waals surface area contributed by atoms with Gasteiger partial charge in [0, 0.05) is 5.56 Å². The van der Waals surface area contributed by atoms with Crippen molar-refractivity contribution in [1.82, 2.24) is 0 Å². The molecule has 0 saturated carbocycles. The molecule has 0 aliphatic heterocycles. The van der Waals surface area contributed by atoms with E-state index in [9.17, 15) is 19.5 Å². The number of hydrogen-bond donors (Lipinski definition) is 4. The third-order valence-corrected chi connectivity index (χ3v) is 2.82. The van der Waals surface area contributed by atoms with Crippen LogP contribution in [0.3, 0.4) is 0 Å². The second-order valence-corrected chi connectivity index (χ2v) is 4.17. The summed E-state index contributed by atoms with van der Waals surface area (Å²) in [6, 6.07) is 1.91. The predicted octanol–water partition coefficient (Wildman–Crippen LogP) is 1.61. The molecule has 0 heterocycles. The molecule has 108 valence electrons. The van der Waals surface area contributed by atoms with Crippen LogP contribution in [0.4, 0.5) is 0 Å². The predicted molar refractivity (Wildman–Crippen MR) is 67.2 cm³/mol. The molecule has 0 aromatic heterocycles. The maximum atomic E-state index is 11.3. The van der Waals surface area contributed by atoms with E-state index in [-0.39, 0.29) is 12.0 Å². The summed E-state index contributed by atoms with van der Waals surface area (Å²) < 4.78 is 0. The van der Waals surface area contributed by atoms with E-state index in [2.05, 4.69) is 0 Å². The van der Waals surface area contributed by atoms with Crippen molar-refractivity contribution in [2.45, 2.75) is 25.9 Å². The van der Waals surface area contributed by atoms with Crippen molar-refractivity contribution >= 4 is 17.9 Å². The molecule has 0 bridgehead atoms. The minimum Gasteiger partial charge on any atom is -0.478 e. The Labute approximate surface area is 114 Å². The van der Waals surface area contributed by atoms with Crippen molar-refractivity contribution in [1.29, 1.82) is 0 Å². The number of rotatable bonds is 6. The van der Waals surface area contributed by atoms with Crippen LogP contribution < -0.4 is 0 Å². The highest BCUT2D eigenvalue weighted by Crippen LogP contribution is 2.29. The molecule has 0 amide bonds. The molecule has 20 heavy (non-hydrogen) atoms. The third kappa shape index (κ3) is 2.94. The summed E-state index contributed by atoms with van der Waals surface area (Å²) in [5.41, 5.74) is -2.01. The summed E-state index contributed by atoms with van der Waals surface area (Å²) in [6.45, 7) is 1.73. The van der Waals surface area contributed by atoms with Gasteiger partial charge >= 0.3 is 17.9 Å². The fraction of sp³-hybridized carbons (Fsp3) is 0.308. The Morgan fingerprint density at radius 3 is 1.90 bits per heavy atom. The zero-order chi connectivity index (χ0) is 15.4. The highest BCUT2D eigenvalue weighted by Gasteiger charge is 2.28. The first-order valence-corrected chi connectivity index (χ1v) is 5.86. The van der Waals surface area contributed by atoms with Crippen LogP contribution in [0.2, 0.25) is 0 Å². The number of aliphatic hydroxyl groups excluding tert-OH is 1. The van der Waals surface area contributed by atoms with Gasteiger partial charge in [0.25, 0.3) is 0 Å². The molecule has 4 N–H and O–H groups in total. The maximum Gasteiger partial charge on any atom is 0.336 e. The smallest absolute Gasteiger partial charge is 0.336 e. The average molecular weight is 282 g/mol. The van der Waals surface area contributed by atoms with E-state index in [1.807, 2.05) is 0 Å². The summed E-state index contributed by atoms with van der Waals surface area (Å²) >= 11 is 0. The normalized spacial score (nSPS) is 11.9. The molecule has 0 fully saturated rings. The maximum absolute atomic E-state index is 11.3. The Morgan fingerprint density at radius 2 is 1.50 bits per heavy atom. The van der Waals surface area contributed by atoms with Gasteiger partial charge in [-0.3, -0.25) is 0 Å². The molecule has 0 aliphatic rings. The van der Waals surface area contributed by atoms with Crippen LogP contribution >= 0.6 is 0 Å². The first-order chi connectivity index (χ1) is 9.31. The Hall–Kier alpha value is -2.41. The number of aromatic carboxylic acids is 3. The first kappa shape index (κ1) is 15.6. The minimum atomic E-state index is -1.59. The molecule has 7 nitrogen and oxygen atoms in total. The molecule has 7 heteroatoms. The van der Waals surface area contributed by atoms with Gasteiger partial charge in [-0.1, -0.05) is 13.3 Å². The standard InChI is InChI=1S/C13H14O7/c1-2-3-8(14)9-6(11(15)16)4-5-7(12(17)18)10(9)13(19)20/h4-5,8,14H,2-3H2,1H3,(H,15,16)(H,17,18)(H,19,20). The summed E-state index contributed by atoms with van der Waals surface area (Å²) in [5, 5.41) is 37.2. The van der Waals surface area contributed by atoms with Crippen molar-refractivity contribution < 1.29 is 34.8 Å². The van der Waals surface area contributed by atoms with Crippen molar-refractivity contribution in [3.8, 4) is 0 Å². The SMILES string of the molecule is CCCC(O)c1c(C(=O)O)ccc(C(=O)O)c1C(=O)O. The molecule has 0 spiro atoms. The molecule has 1 atom stereocenters. The summed E-state index contributed by atoms with van der Waals surface area (Å²) in [7, 11) is 0. The minimum absolute atomic E-state index is 0.129. The van der Waals surface area contributed by atoms with Gasteiger partial charge in [-0.2, -0.15) is 0 Å². The van der Waals surface area contributed by atoms with E-state index in [0.717, 1.165) is 12.1 Å². The summed E-state index contributed by atoms with van der Waals surface area (Å²) in [4.78, 5) is 33.4. The van der Waals surface area contributed by atoms with Gasteiger partial charge in [-0.05, 0) is 18.6 Å². The van der Waals surface area contributed by atoms with E-state index in [0.29, 0.717) is 6.42 Å². The van der Waals surface area contributed by atoms with Crippen LogP contribution in [0.5, 0.6) is 0 Å². The third-order valence-electron chi connectivity index (χ3n) is 2.82. The van der Waals surface area contributed by atoms with E-state index in [1.54, 1.807) is 6.92 Å². The summed E-state index contributed by atoms with van der Waals surface area (Å²) in [5.74, 6) is -4.51. The van der Waals surface area contributed by atoms with Crippen LogP contribution in [0.25, 0.3) is 0 Å². The van der Waals surface area contributed by atoms with Gasteiger partial charge in [0.1, 0.15) is 0 Å². The van der Waals surface area contributed by atoms with Crippen LogP contribution in [-0.2, 0) is 0 Å². The van der Waals surface area contributed by atoms with Crippen molar-refractivity contribution in [3.05, 3.63) is 34.4 Å². The number of carboxylic acids is 3. The lowest BCUT2D eigenvalue weighted by Crippen LogP contribution is -2.18. The molecule has 0 aliphatic carbocycles. The molecule has 0 saturated heterocycles. The largest absolute Gasteiger partial charge is 0.478 e. The zero-order valence-electron chi connectivity index (χ0n) is 10.7. The first-order valence-electron chi connectivity index (χ1n) is 5.86. The van der Waals surface area contributed by atoms with E-state index in [1.165, 1.54) is 0 Å². The number of aliphatic hydroxyl groups is 1. The lowest BCUT2D eigenvalue weighted by molar-refractivity contribution is 0.0639. The summed E-state index contributed by atoms with van der Waals surface area (Å²) in [6.07, 6.45) is -0.739. The van der Waals surface area contributed by atoms with Crippen molar-refractivity contribution in [2.75, 3.05) is 0 Å². The monoisotopic (exact) mass is 282 g/mol. The molecule has 0 radical (unpaired) electrons. The van der Waals surface area contributed by atoms with E-state index >= 15 is 0 Å². The fourth-order valence-electron chi connectivity index (χ4n) is 1.98. The Morgan fingerprint density at radius 1 is 1.00 bits per heavy atom. The fourth-order valence-corrected chi connectivity index (χ4v) is 1.98.